The van der Waals surface area contributed by atoms with Crippen LogP contribution in [0.1, 0.15) is 24.0 Å². The summed E-state index contributed by atoms with van der Waals surface area (Å²) in [5, 5.41) is 12.9. The monoisotopic (exact) mass is 280 g/mol. The molecule has 4 N–H and O–H groups in total. The predicted octanol–water partition coefficient (Wildman–Crippen LogP) is 0.898. The molecule has 1 aromatic carbocycles. The van der Waals surface area contributed by atoms with Crippen LogP contribution in [-0.4, -0.2) is 36.8 Å². The molecule has 1 atom stereocenters. The zero-order chi connectivity index (χ0) is 15.0. The summed E-state index contributed by atoms with van der Waals surface area (Å²) in [5.41, 5.74) is 7.22. The van der Waals surface area contributed by atoms with Crippen molar-refractivity contribution in [3.63, 3.8) is 0 Å². The first-order chi connectivity index (χ1) is 9.49. The summed E-state index contributed by atoms with van der Waals surface area (Å²) in [7, 11) is 0. The largest absolute Gasteiger partial charge is 0.491 e. The second-order valence-corrected chi connectivity index (χ2v) is 5.01. The van der Waals surface area contributed by atoms with Crippen LogP contribution in [0.15, 0.2) is 18.2 Å². The van der Waals surface area contributed by atoms with Gasteiger partial charge in [0, 0.05) is 13.0 Å². The van der Waals surface area contributed by atoms with Crippen molar-refractivity contribution in [1.82, 2.24) is 5.32 Å². The lowest BCUT2D eigenvalue weighted by Gasteiger charge is -2.15. The highest BCUT2D eigenvalue weighted by Crippen LogP contribution is 2.19. The Balaban J connectivity index is 2.21. The second-order valence-electron chi connectivity index (χ2n) is 5.01. The van der Waals surface area contributed by atoms with E-state index in [2.05, 4.69) is 5.32 Å². The van der Waals surface area contributed by atoms with E-state index in [-0.39, 0.29) is 12.5 Å². The number of amides is 1. The quantitative estimate of drug-likeness (QED) is 0.587. The SMILES string of the molecule is Cc1ccc(C)c(OCC(O)CNCCCC(N)=O)c1. The predicted molar refractivity (Wildman–Crippen MR) is 78.7 cm³/mol. The van der Waals surface area contributed by atoms with Crippen LogP contribution in [-0.2, 0) is 4.79 Å². The van der Waals surface area contributed by atoms with Crippen LogP contribution in [0.4, 0.5) is 0 Å². The minimum absolute atomic E-state index is 0.243. The summed E-state index contributed by atoms with van der Waals surface area (Å²) in [4.78, 5) is 10.5. The fourth-order valence-electron chi connectivity index (χ4n) is 1.76. The first-order valence-corrected chi connectivity index (χ1v) is 6.86. The first kappa shape index (κ1) is 16.5. The summed E-state index contributed by atoms with van der Waals surface area (Å²) < 4.78 is 5.61. The van der Waals surface area contributed by atoms with Gasteiger partial charge < -0.3 is 20.9 Å². The molecule has 0 fully saturated rings. The van der Waals surface area contributed by atoms with E-state index >= 15 is 0 Å². The number of hydrogen-bond acceptors (Lipinski definition) is 4. The van der Waals surface area contributed by atoms with Gasteiger partial charge in [-0.1, -0.05) is 12.1 Å². The van der Waals surface area contributed by atoms with Crippen molar-refractivity contribution in [2.24, 2.45) is 5.73 Å². The van der Waals surface area contributed by atoms with E-state index in [9.17, 15) is 9.90 Å². The van der Waals surface area contributed by atoms with E-state index in [1.54, 1.807) is 0 Å². The summed E-state index contributed by atoms with van der Waals surface area (Å²) in [6.45, 7) is 5.31. The van der Waals surface area contributed by atoms with Gasteiger partial charge in [0.2, 0.25) is 5.91 Å². The minimum atomic E-state index is -0.580. The lowest BCUT2D eigenvalue weighted by atomic mass is 10.1. The molecule has 0 aliphatic rings. The fourth-order valence-corrected chi connectivity index (χ4v) is 1.76. The average Bonchev–Trinajstić information content (AvgIpc) is 2.39. The van der Waals surface area contributed by atoms with Gasteiger partial charge in [-0.25, -0.2) is 0 Å². The van der Waals surface area contributed by atoms with Gasteiger partial charge in [-0.15, -0.1) is 0 Å². The molecule has 0 aliphatic heterocycles. The maximum absolute atomic E-state index is 10.5. The highest BCUT2D eigenvalue weighted by molar-refractivity contribution is 5.73. The van der Waals surface area contributed by atoms with Crippen molar-refractivity contribution in [1.29, 1.82) is 0 Å². The molecule has 0 saturated heterocycles. The molecule has 20 heavy (non-hydrogen) atoms. The number of nitrogens with one attached hydrogen (secondary N) is 1. The zero-order valence-electron chi connectivity index (χ0n) is 12.2. The molecule has 5 heteroatoms. The van der Waals surface area contributed by atoms with E-state index in [0.29, 0.717) is 25.9 Å². The van der Waals surface area contributed by atoms with Crippen LogP contribution >= 0.6 is 0 Å². The Morgan fingerprint density at radius 3 is 2.90 bits per heavy atom. The van der Waals surface area contributed by atoms with Gasteiger partial charge >= 0.3 is 0 Å². The summed E-state index contributed by atoms with van der Waals surface area (Å²) in [6, 6.07) is 5.99. The smallest absolute Gasteiger partial charge is 0.217 e. The Labute approximate surface area is 120 Å². The molecule has 5 nitrogen and oxygen atoms in total. The number of aliphatic hydroxyl groups is 1. The maximum atomic E-state index is 10.5. The molecular formula is C15H24N2O3. The Bertz CT molecular complexity index is 435. The molecule has 0 aliphatic carbocycles. The zero-order valence-corrected chi connectivity index (χ0v) is 12.2. The van der Waals surface area contributed by atoms with Crippen LogP contribution < -0.4 is 15.8 Å². The van der Waals surface area contributed by atoms with E-state index in [0.717, 1.165) is 16.9 Å². The van der Waals surface area contributed by atoms with Crippen molar-refractivity contribution < 1.29 is 14.6 Å². The number of aryl methyl sites for hydroxylation is 2. The van der Waals surface area contributed by atoms with Crippen molar-refractivity contribution in [2.75, 3.05) is 19.7 Å². The van der Waals surface area contributed by atoms with E-state index in [1.165, 1.54) is 0 Å². The molecule has 0 spiro atoms. The molecule has 1 aromatic rings. The van der Waals surface area contributed by atoms with E-state index in [1.807, 2.05) is 32.0 Å². The molecule has 1 amide bonds. The standard InChI is InChI=1S/C15H24N2O3/c1-11-5-6-12(2)14(8-11)20-10-13(18)9-17-7-3-4-15(16)19/h5-6,8,13,17-18H,3-4,7,9-10H2,1-2H3,(H2,16,19). The third-order valence-corrected chi connectivity index (χ3v) is 2.93. The average molecular weight is 280 g/mol. The number of aliphatic hydroxyl groups excluding tert-OH is 1. The van der Waals surface area contributed by atoms with Crippen LogP contribution in [0, 0.1) is 13.8 Å². The molecule has 0 bridgehead atoms. The van der Waals surface area contributed by atoms with Crippen LogP contribution in [0.25, 0.3) is 0 Å². The molecule has 0 aromatic heterocycles. The lowest BCUT2D eigenvalue weighted by molar-refractivity contribution is -0.118. The Kier molecular flexibility index (Phi) is 7.04. The number of hydrogen-bond donors (Lipinski definition) is 3. The van der Waals surface area contributed by atoms with Crippen molar-refractivity contribution in [3.05, 3.63) is 29.3 Å². The van der Waals surface area contributed by atoms with Gasteiger partial charge in [0.15, 0.2) is 0 Å². The Hall–Kier alpha value is -1.59. The number of nitrogens with two attached hydrogens (primary N) is 1. The topological polar surface area (TPSA) is 84.6 Å². The molecule has 1 rings (SSSR count). The van der Waals surface area contributed by atoms with Gasteiger partial charge in [-0.05, 0) is 44.0 Å². The Morgan fingerprint density at radius 1 is 1.45 bits per heavy atom. The van der Waals surface area contributed by atoms with Crippen molar-refractivity contribution >= 4 is 5.91 Å². The Morgan fingerprint density at radius 2 is 2.20 bits per heavy atom. The number of ether oxygens (including phenoxy) is 1. The number of primary amides is 1. The summed E-state index contributed by atoms with van der Waals surface area (Å²) >= 11 is 0. The van der Waals surface area contributed by atoms with Gasteiger partial charge in [0.1, 0.15) is 18.5 Å². The van der Waals surface area contributed by atoms with Crippen molar-refractivity contribution in [2.45, 2.75) is 32.8 Å². The third kappa shape index (κ3) is 6.54. The van der Waals surface area contributed by atoms with Gasteiger partial charge in [0.25, 0.3) is 0 Å². The molecule has 0 radical (unpaired) electrons. The van der Waals surface area contributed by atoms with Crippen LogP contribution in [0.5, 0.6) is 5.75 Å². The first-order valence-electron chi connectivity index (χ1n) is 6.86. The van der Waals surface area contributed by atoms with Crippen LogP contribution in [0.2, 0.25) is 0 Å². The fraction of sp³-hybridized carbons (Fsp3) is 0.533. The van der Waals surface area contributed by atoms with Crippen LogP contribution in [0.3, 0.4) is 0 Å². The van der Waals surface area contributed by atoms with Gasteiger partial charge in [-0.2, -0.15) is 0 Å². The number of carbonyl (C=O) groups excluding carboxylic acids is 1. The molecule has 112 valence electrons. The molecule has 1 unspecified atom stereocenters. The minimum Gasteiger partial charge on any atom is -0.491 e. The third-order valence-electron chi connectivity index (χ3n) is 2.93. The molecular weight excluding hydrogens is 256 g/mol. The molecule has 0 heterocycles. The highest BCUT2D eigenvalue weighted by Gasteiger charge is 2.06. The second kappa shape index (κ2) is 8.55. The normalized spacial score (nSPS) is 12.2. The van der Waals surface area contributed by atoms with E-state index < -0.39 is 6.10 Å². The molecule has 0 saturated carbocycles. The summed E-state index contributed by atoms with van der Waals surface area (Å²) in [5.74, 6) is 0.503. The summed E-state index contributed by atoms with van der Waals surface area (Å²) in [6.07, 6.45) is 0.464. The van der Waals surface area contributed by atoms with Gasteiger partial charge in [0.05, 0.1) is 0 Å². The van der Waals surface area contributed by atoms with Gasteiger partial charge in [-0.3, -0.25) is 4.79 Å². The number of carbonyl (C=O) groups is 1. The van der Waals surface area contributed by atoms with Crippen molar-refractivity contribution in [3.8, 4) is 5.75 Å². The highest BCUT2D eigenvalue weighted by atomic mass is 16.5. The lowest BCUT2D eigenvalue weighted by Crippen LogP contribution is -2.32. The maximum Gasteiger partial charge on any atom is 0.217 e. The number of benzene rings is 1. The number of rotatable bonds is 9. The van der Waals surface area contributed by atoms with E-state index in [4.69, 9.17) is 10.5 Å².